The number of nitrogens with zero attached hydrogens (tertiary/aromatic N) is 1. The molecule has 1 heterocycles. The summed E-state index contributed by atoms with van der Waals surface area (Å²) in [5.74, 6) is -0.222. The van der Waals surface area contributed by atoms with Crippen LogP contribution in [0.5, 0.6) is 0 Å². The third-order valence-corrected chi connectivity index (χ3v) is 2.98. The summed E-state index contributed by atoms with van der Waals surface area (Å²) in [5, 5.41) is 0. The van der Waals surface area contributed by atoms with Crippen molar-refractivity contribution in [2.45, 2.75) is 0 Å². The Bertz CT molecular complexity index is 692. The van der Waals surface area contributed by atoms with Crippen molar-refractivity contribution in [1.82, 2.24) is 4.98 Å². The molecule has 0 saturated carbocycles. The first-order valence-corrected chi connectivity index (χ1v) is 6.10. The third kappa shape index (κ3) is 2.52. The van der Waals surface area contributed by atoms with Gasteiger partial charge in [0.2, 0.25) is 0 Å². The van der Waals surface area contributed by atoms with Crippen LogP contribution in [-0.4, -0.2) is 4.98 Å². The Hall–Kier alpha value is -2.48. The lowest BCUT2D eigenvalue weighted by Crippen LogP contribution is -1.84. The molecule has 0 amide bonds. The van der Waals surface area contributed by atoms with Gasteiger partial charge in [-0.2, -0.15) is 0 Å². The molecule has 0 saturated heterocycles. The Morgan fingerprint density at radius 2 is 1.42 bits per heavy atom. The fourth-order valence-corrected chi connectivity index (χ4v) is 2.06. The van der Waals surface area contributed by atoms with Gasteiger partial charge < -0.3 is 0 Å². The summed E-state index contributed by atoms with van der Waals surface area (Å²) in [4.78, 5) is 4.33. The predicted molar refractivity (Wildman–Crippen MR) is 75.1 cm³/mol. The number of hydrogen-bond acceptors (Lipinski definition) is 1. The second-order valence-electron chi connectivity index (χ2n) is 4.31. The van der Waals surface area contributed by atoms with Crippen LogP contribution < -0.4 is 0 Å². The molecule has 1 nitrogen and oxygen atoms in total. The van der Waals surface area contributed by atoms with Gasteiger partial charge in [-0.25, -0.2) is 4.39 Å². The minimum Gasteiger partial charge on any atom is -0.256 e. The number of aromatic nitrogens is 1. The van der Waals surface area contributed by atoms with Gasteiger partial charge in [-0.1, -0.05) is 36.4 Å². The molecule has 0 aliphatic carbocycles. The fourth-order valence-electron chi connectivity index (χ4n) is 2.06. The average Bonchev–Trinajstić information content (AvgIpc) is 2.48. The zero-order valence-corrected chi connectivity index (χ0v) is 10.3. The van der Waals surface area contributed by atoms with Crippen LogP contribution in [0.4, 0.5) is 4.39 Å². The highest BCUT2D eigenvalue weighted by Crippen LogP contribution is 2.25. The second kappa shape index (κ2) is 5.02. The highest BCUT2D eigenvalue weighted by atomic mass is 19.1. The molecule has 0 atom stereocenters. The van der Waals surface area contributed by atoms with E-state index in [1.54, 1.807) is 12.3 Å². The van der Waals surface area contributed by atoms with E-state index in [9.17, 15) is 4.39 Å². The SMILES string of the molecule is Fc1cccc(-c2cccc(-c3ccccn3)c2)c1. The van der Waals surface area contributed by atoms with E-state index in [1.807, 2.05) is 48.5 Å². The lowest BCUT2D eigenvalue weighted by molar-refractivity contribution is 0.628. The van der Waals surface area contributed by atoms with Crippen molar-refractivity contribution in [3.05, 3.63) is 78.7 Å². The zero-order valence-electron chi connectivity index (χ0n) is 10.3. The molecule has 0 aliphatic heterocycles. The third-order valence-electron chi connectivity index (χ3n) is 2.98. The monoisotopic (exact) mass is 249 g/mol. The molecule has 19 heavy (non-hydrogen) atoms. The van der Waals surface area contributed by atoms with Crippen LogP contribution in [0.3, 0.4) is 0 Å². The molecule has 0 fully saturated rings. The van der Waals surface area contributed by atoms with E-state index in [2.05, 4.69) is 4.98 Å². The molecule has 3 rings (SSSR count). The zero-order chi connectivity index (χ0) is 13.1. The van der Waals surface area contributed by atoms with E-state index >= 15 is 0 Å². The van der Waals surface area contributed by atoms with Crippen LogP contribution in [-0.2, 0) is 0 Å². The Balaban J connectivity index is 2.06. The minimum absolute atomic E-state index is 0.222. The first-order chi connectivity index (χ1) is 9.33. The second-order valence-corrected chi connectivity index (χ2v) is 4.31. The van der Waals surface area contributed by atoms with Crippen molar-refractivity contribution in [2.24, 2.45) is 0 Å². The van der Waals surface area contributed by atoms with E-state index in [1.165, 1.54) is 12.1 Å². The van der Waals surface area contributed by atoms with E-state index in [4.69, 9.17) is 0 Å². The van der Waals surface area contributed by atoms with Gasteiger partial charge in [-0.05, 0) is 41.5 Å². The van der Waals surface area contributed by atoms with Gasteiger partial charge in [0.15, 0.2) is 0 Å². The molecule has 0 radical (unpaired) electrons. The Kier molecular flexibility index (Phi) is 3.07. The van der Waals surface area contributed by atoms with Crippen LogP contribution in [0.2, 0.25) is 0 Å². The standard InChI is InChI=1S/C17H12FN/c18-16-8-4-6-14(12-16)13-5-3-7-15(11-13)17-9-1-2-10-19-17/h1-12H. The van der Waals surface area contributed by atoms with Crippen molar-refractivity contribution >= 4 is 0 Å². The lowest BCUT2D eigenvalue weighted by atomic mass is 10.0. The van der Waals surface area contributed by atoms with Crippen molar-refractivity contribution in [3.63, 3.8) is 0 Å². The Morgan fingerprint density at radius 3 is 2.16 bits per heavy atom. The van der Waals surface area contributed by atoms with Gasteiger partial charge in [0.05, 0.1) is 5.69 Å². The summed E-state index contributed by atoms with van der Waals surface area (Å²) >= 11 is 0. The van der Waals surface area contributed by atoms with E-state index < -0.39 is 0 Å². The van der Waals surface area contributed by atoms with Gasteiger partial charge >= 0.3 is 0 Å². The van der Waals surface area contributed by atoms with E-state index in [0.717, 1.165) is 22.4 Å². The van der Waals surface area contributed by atoms with Crippen LogP contribution in [0.25, 0.3) is 22.4 Å². The van der Waals surface area contributed by atoms with Crippen LogP contribution >= 0.6 is 0 Å². The normalized spacial score (nSPS) is 10.4. The maximum atomic E-state index is 13.3. The van der Waals surface area contributed by atoms with Crippen LogP contribution in [0.1, 0.15) is 0 Å². The predicted octanol–water partition coefficient (Wildman–Crippen LogP) is 4.55. The summed E-state index contributed by atoms with van der Waals surface area (Å²) in [7, 11) is 0. The minimum atomic E-state index is -0.222. The summed E-state index contributed by atoms with van der Waals surface area (Å²) in [6.07, 6.45) is 1.77. The molecule has 0 N–H and O–H groups in total. The van der Waals surface area contributed by atoms with Crippen molar-refractivity contribution in [1.29, 1.82) is 0 Å². The number of hydrogen-bond donors (Lipinski definition) is 0. The molecule has 2 heteroatoms. The topological polar surface area (TPSA) is 12.9 Å². The summed E-state index contributed by atoms with van der Waals surface area (Å²) in [5.41, 5.74) is 3.81. The van der Waals surface area contributed by atoms with E-state index in [-0.39, 0.29) is 5.82 Å². The average molecular weight is 249 g/mol. The highest BCUT2D eigenvalue weighted by molar-refractivity contribution is 5.71. The van der Waals surface area contributed by atoms with Crippen LogP contribution in [0.15, 0.2) is 72.9 Å². The molecule has 92 valence electrons. The summed E-state index contributed by atoms with van der Waals surface area (Å²) in [6, 6.07) is 20.4. The van der Waals surface area contributed by atoms with Gasteiger partial charge in [0, 0.05) is 11.8 Å². The van der Waals surface area contributed by atoms with Crippen molar-refractivity contribution in [2.75, 3.05) is 0 Å². The largest absolute Gasteiger partial charge is 0.256 e. The number of benzene rings is 2. The van der Waals surface area contributed by atoms with Gasteiger partial charge in [-0.15, -0.1) is 0 Å². The van der Waals surface area contributed by atoms with Crippen LogP contribution in [0, 0.1) is 5.82 Å². The highest BCUT2D eigenvalue weighted by Gasteiger charge is 2.02. The van der Waals surface area contributed by atoms with Gasteiger partial charge in [-0.3, -0.25) is 4.98 Å². The molecule has 2 aromatic carbocycles. The summed E-state index contributed by atoms with van der Waals surface area (Å²) < 4.78 is 13.3. The van der Waals surface area contributed by atoms with Gasteiger partial charge in [0.1, 0.15) is 5.82 Å². The summed E-state index contributed by atoms with van der Waals surface area (Å²) in [6.45, 7) is 0. The number of pyridine rings is 1. The van der Waals surface area contributed by atoms with Crippen molar-refractivity contribution < 1.29 is 4.39 Å². The number of rotatable bonds is 2. The fraction of sp³-hybridized carbons (Fsp3) is 0. The molecule has 3 aromatic rings. The molecular weight excluding hydrogens is 237 g/mol. The molecule has 0 spiro atoms. The Morgan fingerprint density at radius 1 is 0.684 bits per heavy atom. The maximum Gasteiger partial charge on any atom is 0.123 e. The smallest absolute Gasteiger partial charge is 0.123 e. The molecule has 0 bridgehead atoms. The molecule has 0 unspecified atom stereocenters. The quantitative estimate of drug-likeness (QED) is 0.649. The lowest BCUT2D eigenvalue weighted by Gasteiger charge is -2.05. The first kappa shape index (κ1) is 11.6. The molecule has 0 aliphatic rings. The van der Waals surface area contributed by atoms with E-state index in [0.29, 0.717) is 0 Å². The Labute approximate surface area is 111 Å². The van der Waals surface area contributed by atoms with Gasteiger partial charge in [0.25, 0.3) is 0 Å². The molecule has 1 aromatic heterocycles. The molecular formula is C17H12FN. The van der Waals surface area contributed by atoms with Crippen molar-refractivity contribution in [3.8, 4) is 22.4 Å². The maximum absolute atomic E-state index is 13.3. The number of halogens is 1. The first-order valence-electron chi connectivity index (χ1n) is 6.10.